The minimum atomic E-state index is -0.173. The van der Waals surface area contributed by atoms with E-state index in [4.69, 9.17) is 0 Å². The summed E-state index contributed by atoms with van der Waals surface area (Å²) in [6.07, 6.45) is 5.73. The van der Waals surface area contributed by atoms with Crippen LogP contribution in [-0.4, -0.2) is 24.2 Å². The van der Waals surface area contributed by atoms with Crippen molar-refractivity contribution < 1.29 is 9.90 Å². The highest BCUT2D eigenvalue weighted by Gasteiger charge is 2.25. The van der Waals surface area contributed by atoms with Crippen LogP contribution in [-0.2, 0) is 24.1 Å². The van der Waals surface area contributed by atoms with E-state index in [0.717, 1.165) is 24.8 Å². The van der Waals surface area contributed by atoms with E-state index >= 15 is 0 Å². The summed E-state index contributed by atoms with van der Waals surface area (Å²) < 4.78 is 0. The second kappa shape index (κ2) is 7.08. The zero-order valence-corrected chi connectivity index (χ0v) is 13.2. The molecule has 0 saturated carbocycles. The lowest BCUT2D eigenvalue weighted by Crippen LogP contribution is -2.40. The Hall–Kier alpha value is -1.35. The Balaban J connectivity index is 1.90. The van der Waals surface area contributed by atoms with Gasteiger partial charge < -0.3 is 10.4 Å². The van der Waals surface area contributed by atoms with Gasteiger partial charge in [-0.25, -0.2) is 0 Å². The lowest BCUT2D eigenvalue weighted by molar-refractivity contribution is -0.121. The fourth-order valence-corrected chi connectivity index (χ4v) is 3.05. The van der Waals surface area contributed by atoms with Gasteiger partial charge in [0.1, 0.15) is 0 Å². The normalized spacial score (nSPS) is 14.0. The number of rotatable bonds is 7. The molecule has 1 aliphatic rings. The maximum atomic E-state index is 12.1. The SMILES string of the molecule is CCC(CC)(CO)CNC(=O)Cc1ccc2c(c1)CCC2. The molecule has 0 fully saturated rings. The molecule has 0 unspecified atom stereocenters. The summed E-state index contributed by atoms with van der Waals surface area (Å²) in [7, 11) is 0. The van der Waals surface area contributed by atoms with Gasteiger partial charge in [-0.05, 0) is 48.8 Å². The van der Waals surface area contributed by atoms with E-state index in [2.05, 4.69) is 37.4 Å². The third-order valence-corrected chi connectivity index (χ3v) is 5.02. The van der Waals surface area contributed by atoms with Crippen LogP contribution in [0.2, 0.25) is 0 Å². The number of carbonyl (C=O) groups is 1. The number of nitrogens with one attached hydrogen (secondary N) is 1. The molecule has 1 amide bonds. The summed E-state index contributed by atoms with van der Waals surface area (Å²) >= 11 is 0. The molecule has 21 heavy (non-hydrogen) atoms. The highest BCUT2D eigenvalue weighted by atomic mass is 16.3. The molecule has 0 heterocycles. The first-order valence-electron chi connectivity index (χ1n) is 8.10. The molecule has 0 aliphatic heterocycles. The Morgan fingerprint density at radius 1 is 1.24 bits per heavy atom. The molecule has 2 N–H and O–H groups in total. The maximum Gasteiger partial charge on any atom is 0.224 e. The molecule has 1 aliphatic carbocycles. The Morgan fingerprint density at radius 3 is 2.62 bits per heavy atom. The molecular weight excluding hydrogens is 262 g/mol. The van der Waals surface area contributed by atoms with Gasteiger partial charge in [0, 0.05) is 12.0 Å². The third kappa shape index (κ3) is 3.85. The van der Waals surface area contributed by atoms with Gasteiger partial charge in [0.2, 0.25) is 5.91 Å². The van der Waals surface area contributed by atoms with E-state index in [1.165, 1.54) is 24.0 Å². The fourth-order valence-electron chi connectivity index (χ4n) is 3.05. The van der Waals surface area contributed by atoms with E-state index in [9.17, 15) is 9.90 Å². The van der Waals surface area contributed by atoms with Crippen molar-refractivity contribution in [3.8, 4) is 0 Å². The highest BCUT2D eigenvalue weighted by molar-refractivity contribution is 5.78. The van der Waals surface area contributed by atoms with Crippen molar-refractivity contribution in [2.24, 2.45) is 5.41 Å². The second-order valence-corrected chi connectivity index (χ2v) is 6.28. The zero-order valence-electron chi connectivity index (χ0n) is 13.2. The van der Waals surface area contributed by atoms with Gasteiger partial charge in [0.25, 0.3) is 0 Å². The Kier molecular flexibility index (Phi) is 5.40. The van der Waals surface area contributed by atoms with Gasteiger partial charge in [0.15, 0.2) is 0 Å². The van der Waals surface area contributed by atoms with Crippen molar-refractivity contribution in [1.82, 2.24) is 5.32 Å². The molecule has 0 aromatic heterocycles. The Bertz CT molecular complexity index is 484. The molecule has 3 nitrogen and oxygen atoms in total. The summed E-state index contributed by atoms with van der Waals surface area (Å²) in [6, 6.07) is 6.42. The molecule has 116 valence electrons. The summed E-state index contributed by atoms with van der Waals surface area (Å²) in [4.78, 5) is 12.1. The molecule has 3 heteroatoms. The lowest BCUT2D eigenvalue weighted by atomic mass is 9.83. The van der Waals surface area contributed by atoms with Crippen molar-refractivity contribution in [3.05, 3.63) is 34.9 Å². The maximum absolute atomic E-state index is 12.1. The average molecular weight is 289 g/mol. The molecule has 0 bridgehead atoms. The van der Waals surface area contributed by atoms with Crippen LogP contribution in [0.15, 0.2) is 18.2 Å². The first-order valence-corrected chi connectivity index (χ1v) is 8.10. The van der Waals surface area contributed by atoms with Gasteiger partial charge in [0.05, 0.1) is 13.0 Å². The van der Waals surface area contributed by atoms with Crippen LogP contribution in [0.4, 0.5) is 0 Å². The van der Waals surface area contributed by atoms with Crippen LogP contribution < -0.4 is 5.32 Å². The zero-order chi connectivity index (χ0) is 15.3. The van der Waals surface area contributed by atoms with E-state index in [-0.39, 0.29) is 17.9 Å². The quantitative estimate of drug-likeness (QED) is 0.810. The molecule has 2 rings (SSSR count). The number of hydrogen-bond acceptors (Lipinski definition) is 2. The largest absolute Gasteiger partial charge is 0.396 e. The van der Waals surface area contributed by atoms with Crippen molar-refractivity contribution in [2.75, 3.05) is 13.2 Å². The van der Waals surface area contributed by atoms with E-state index in [1.54, 1.807) is 0 Å². The average Bonchev–Trinajstić information content (AvgIpc) is 2.97. The molecule has 1 aromatic rings. The number of hydrogen-bond donors (Lipinski definition) is 2. The molecule has 0 atom stereocenters. The summed E-state index contributed by atoms with van der Waals surface area (Å²) in [5.74, 6) is 0.0488. The number of carbonyl (C=O) groups excluding carboxylic acids is 1. The first kappa shape index (κ1) is 16.0. The van der Waals surface area contributed by atoms with Crippen LogP contribution in [0.1, 0.15) is 49.8 Å². The Labute approximate surface area is 127 Å². The summed E-state index contributed by atoms with van der Waals surface area (Å²) in [5, 5.41) is 12.5. The van der Waals surface area contributed by atoms with Crippen LogP contribution in [0.5, 0.6) is 0 Å². The van der Waals surface area contributed by atoms with Crippen LogP contribution in [0, 0.1) is 5.41 Å². The highest BCUT2D eigenvalue weighted by Crippen LogP contribution is 2.25. The number of amides is 1. The van der Waals surface area contributed by atoms with Crippen LogP contribution in [0.25, 0.3) is 0 Å². The predicted octanol–water partition coefficient (Wildman–Crippen LogP) is 2.63. The van der Waals surface area contributed by atoms with Gasteiger partial charge in [-0.2, -0.15) is 0 Å². The number of aliphatic hydroxyl groups is 1. The third-order valence-electron chi connectivity index (χ3n) is 5.02. The Morgan fingerprint density at radius 2 is 1.95 bits per heavy atom. The van der Waals surface area contributed by atoms with E-state index in [1.807, 2.05) is 0 Å². The molecule has 0 spiro atoms. The molecule has 1 aromatic carbocycles. The van der Waals surface area contributed by atoms with Gasteiger partial charge in [-0.3, -0.25) is 4.79 Å². The van der Waals surface area contributed by atoms with Gasteiger partial charge in [-0.1, -0.05) is 32.0 Å². The van der Waals surface area contributed by atoms with Gasteiger partial charge >= 0.3 is 0 Å². The number of aryl methyl sites for hydroxylation is 2. The molecule has 0 radical (unpaired) electrons. The van der Waals surface area contributed by atoms with E-state index in [0.29, 0.717) is 13.0 Å². The van der Waals surface area contributed by atoms with Crippen molar-refractivity contribution in [3.63, 3.8) is 0 Å². The molecule has 0 saturated heterocycles. The van der Waals surface area contributed by atoms with Crippen LogP contribution in [0.3, 0.4) is 0 Å². The summed E-state index contributed by atoms with van der Waals surface area (Å²) in [5.41, 5.74) is 3.77. The summed E-state index contributed by atoms with van der Waals surface area (Å²) in [6.45, 7) is 4.80. The minimum Gasteiger partial charge on any atom is -0.396 e. The fraction of sp³-hybridized carbons (Fsp3) is 0.611. The van der Waals surface area contributed by atoms with Crippen molar-refractivity contribution in [2.45, 2.75) is 52.4 Å². The van der Waals surface area contributed by atoms with E-state index < -0.39 is 0 Å². The monoisotopic (exact) mass is 289 g/mol. The number of aliphatic hydroxyl groups excluding tert-OH is 1. The van der Waals surface area contributed by atoms with Crippen molar-refractivity contribution >= 4 is 5.91 Å². The van der Waals surface area contributed by atoms with Gasteiger partial charge in [-0.15, -0.1) is 0 Å². The minimum absolute atomic E-state index is 0.0488. The van der Waals surface area contributed by atoms with Crippen LogP contribution >= 0.6 is 0 Å². The lowest BCUT2D eigenvalue weighted by Gasteiger charge is -2.29. The number of benzene rings is 1. The topological polar surface area (TPSA) is 49.3 Å². The smallest absolute Gasteiger partial charge is 0.224 e. The van der Waals surface area contributed by atoms with Crippen molar-refractivity contribution in [1.29, 1.82) is 0 Å². The first-order chi connectivity index (χ1) is 10.1. The predicted molar refractivity (Wildman–Crippen MR) is 85.3 cm³/mol. The standard InChI is InChI=1S/C18H27NO2/c1-3-18(4-2,13-20)12-19-17(21)11-14-8-9-15-6-5-7-16(15)10-14/h8-10,20H,3-7,11-13H2,1-2H3,(H,19,21). The second-order valence-electron chi connectivity index (χ2n) is 6.28. The molecular formula is C18H27NO2. The number of fused-ring (bicyclic) bond motifs is 1.